The molecule has 3 rings (SSSR count). The van der Waals surface area contributed by atoms with Crippen LogP contribution in [0, 0.1) is 0 Å². The van der Waals surface area contributed by atoms with E-state index >= 15 is 0 Å². The zero-order valence-corrected chi connectivity index (χ0v) is 14.5. The molecule has 5 nitrogen and oxygen atoms in total. The fourth-order valence-electron chi connectivity index (χ4n) is 2.96. The summed E-state index contributed by atoms with van der Waals surface area (Å²) < 4.78 is 18.6. The summed E-state index contributed by atoms with van der Waals surface area (Å²) in [6.45, 7) is 3.06. The van der Waals surface area contributed by atoms with Gasteiger partial charge in [0.1, 0.15) is 5.82 Å². The Morgan fingerprint density at radius 3 is 2.21 bits per heavy atom. The van der Waals surface area contributed by atoms with E-state index in [-0.39, 0.29) is 0 Å². The summed E-state index contributed by atoms with van der Waals surface area (Å²) in [5.74, 6) is 2.74. The number of hydrogen-bond donors (Lipinski definition) is 0. The van der Waals surface area contributed by atoms with Gasteiger partial charge in [-0.15, -0.1) is 0 Å². The highest BCUT2D eigenvalue weighted by molar-refractivity contribution is 5.81. The zero-order chi connectivity index (χ0) is 17.1. The minimum absolute atomic E-state index is 0.585. The highest BCUT2D eigenvalue weighted by Gasteiger charge is 2.18. The molecular weight excluding hydrogens is 304 g/mol. The molecule has 0 saturated heterocycles. The lowest BCUT2D eigenvalue weighted by atomic mass is 10.1. The van der Waals surface area contributed by atoms with Gasteiger partial charge in [-0.3, -0.25) is 0 Å². The first kappa shape index (κ1) is 16.2. The van der Waals surface area contributed by atoms with Crippen LogP contribution >= 0.6 is 0 Å². The summed E-state index contributed by atoms with van der Waals surface area (Å²) in [5.41, 5.74) is 3.05. The number of aromatic nitrogens is 2. The van der Waals surface area contributed by atoms with E-state index in [1.54, 1.807) is 21.3 Å². The van der Waals surface area contributed by atoms with Gasteiger partial charge >= 0.3 is 0 Å². The molecule has 0 aliphatic rings. The molecule has 2 aromatic carbocycles. The van der Waals surface area contributed by atoms with E-state index in [1.165, 1.54) is 0 Å². The third-order valence-corrected chi connectivity index (χ3v) is 4.02. The van der Waals surface area contributed by atoms with E-state index in [0.717, 1.165) is 35.4 Å². The average Bonchev–Trinajstić information content (AvgIpc) is 2.99. The van der Waals surface area contributed by atoms with Crippen molar-refractivity contribution in [1.29, 1.82) is 0 Å². The van der Waals surface area contributed by atoms with Crippen LogP contribution < -0.4 is 14.2 Å². The van der Waals surface area contributed by atoms with Gasteiger partial charge in [0.05, 0.1) is 32.4 Å². The van der Waals surface area contributed by atoms with Gasteiger partial charge in [-0.1, -0.05) is 19.1 Å². The Balaban J connectivity index is 2.25. The second-order valence-electron chi connectivity index (χ2n) is 5.49. The molecule has 0 unspecified atom stereocenters. The van der Waals surface area contributed by atoms with Crippen LogP contribution in [0.4, 0.5) is 0 Å². The van der Waals surface area contributed by atoms with Crippen LogP contribution in [-0.4, -0.2) is 30.9 Å². The third kappa shape index (κ3) is 2.66. The molecular formula is C19H22N2O3. The van der Waals surface area contributed by atoms with Gasteiger partial charge in [0, 0.05) is 12.1 Å². The van der Waals surface area contributed by atoms with Crippen molar-refractivity contribution in [2.24, 2.45) is 0 Å². The molecule has 0 aliphatic carbocycles. The van der Waals surface area contributed by atoms with Crippen LogP contribution in [0.25, 0.3) is 22.4 Å². The summed E-state index contributed by atoms with van der Waals surface area (Å²) in [5, 5.41) is 0. The number of fused-ring (bicyclic) bond motifs is 1. The van der Waals surface area contributed by atoms with Crippen LogP contribution in [0.2, 0.25) is 0 Å². The lowest BCUT2D eigenvalue weighted by Gasteiger charge is -2.15. The number of methoxy groups -OCH3 is 3. The van der Waals surface area contributed by atoms with Crippen LogP contribution in [-0.2, 0) is 6.54 Å². The Hall–Kier alpha value is -2.69. The maximum Gasteiger partial charge on any atom is 0.203 e. The van der Waals surface area contributed by atoms with Crippen molar-refractivity contribution in [2.75, 3.05) is 21.3 Å². The van der Waals surface area contributed by atoms with Crippen molar-refractivity contribution in [3.05, 3.63) is 36.4 Å². The summed E-state index contributed by atoms with van der Waals surface area (Å²) in [6.07, 6.45) is 1.03. The number of rotatable bonds is 6. The molecule has 0 spiro atoms. The number of nitrogens with zero attached hydrogens (tertiary/aromatic N) is 2. The minimum Gasteiger partial charge on any atom is -0.493 e. The predicted octanol–water partition coefficient (Wildman–Crippen LogP) is 4.14. The molecule has 0 aliphatic heterocycles. The number of aryl methyl sites for hydroxylation is 1. The molecule has 5 heteroatoms. The van der Waals surface area contributed by atoms with E-state index in [2.05, 4.69) is 17.6 Å². The van der Waals surface area contributed by atoms with Crippen molar-refractivity contribution >= 4 is 11.0 Å². The Kier molecular flexibility index (Phi) is 4.60. The molecule has 0 saturated carbocycles. The first-order valence-electron chi connectivity index (χ1n) is 7.99. The monoisotopic (exact) mass is 326 g/mol. The number of ether oxygens (including phenoxy) is 3. The fraction of sp³-hybridized carbons (Fsp3) is 0.316. The normalized spacial score (nSPS) is 10.8. The predicted molar refractivity (Wildman–Crippen MR) is 95.1 cm³/mol. The molecule has 0 fully saturated rings. The molecule has 1 aromatic heterocycles. The largest absolute Gasteiger partial charge is 0.493 e. The van der Waals surface area contributed by atoms with E-state index in [4.69, 9.17) is 19.2 Å². The first-order chi connectivity index (χ1) is 11.7. The van der Waals surface area contributed by atoms with Crippen molar-refractivity contribution in [2.45, 2.75) is 19.9 Å². The van der Waals surface area contributed by atoms with Gasteiger partial charge in [-0.2, -0.15) is 0 Å². The first-order valence-corrected chi connectivity index (χ1v) is 7.99. The molecule has 126 valence electrons. The highest BCUT2D eigenvalue weighted by Crippen LogP contribution is 2.41. The second kappa shape index (κ2) is 6.83. The van der Waals surface area contributed by atoms with Gasteiger partial charge in [0.15, 0.2) is 11.5 Å². The van der Waals surface area contributed by atoms with Gasteiger partial charge in [0.2, 0.25) is 5.75 Å². The van der Waals surface area contributed by atoms with Gasteiger partial charge < -0.3 is 18.8 Å². The summed E-state index contributed by atoms with van der Waals surface area (Å²) in [6, 6.07) is 12.0. The average molecular weight is 326 g/mol. The summed E-state index contributed by atoms with van der Waals surface area (Å²) >= 11 is 0. The standard InChI is InChI=1S/C19H22N2O3/c1-5-10-21-15-9-7-6-8-14(15)20-19(21)13-11-16(22-2)18(24-4)17(12-13)23-3/h6-9,11-12H,5,10H2,1-4H3. The molecule has 0 bridgehead atoms. The lowest BCUT2D eigenvalue weighted by Crippen LogP contribution is -2.01. The van der Waals surface area contributed by atoms with Crippen LogP contribution in [0.5, 0.6) is 17.2 Å². The second-order valence-corrected chi connectivity index (χ2v) is 5.49. The smallest absolute Gasteiger partial charge is 0.203 e. The topological polar surface area (TPSA) is 45.5 Å². The van der Waals surface area contributed by atoms with Crippen LogP contribution in [0.3, 0.4) is 0 Å². The lowest BCUT2D eigenvalue weighted by molar-refractivity contribution is 0.324. The maximum atomic E-state index is 5.47. The molecule has 0 amide bonds. The molecule has 0 atom stereocenters. The Bertz CT molecular complexity index is 830. The van der Waals surface area contributed by atoms with E-state index in [1.807, 2.05) is 30.3 Å². The van der Waals surface area contributed by atoms with Crippen molar-refractivity contribution < 1.29 is 14.2 Å². The molecule has 0 radical (unpaired) electrons. The fourth-order valence-corrected chi connectivity index (χ4v) is 2.96. The van der Waals surface area contributed by atoms with E-state index in [9.17, 15) is 0 Å². The summed E-state index contributed by atoms with van der Waals surface area (Å²) in [7, 11) is 4.85. The van der Waals surface area contributed by atoms with Gasteiger partial charge in [0.25, 0.3) is 0 Å². The van der Waals surface area contributed by atoms with E-state index in [0.29, 0.717) is 17.2 Å². The number of hydrogen-bond acceptors (Lipinski definition) is 4. The Morgan fingerprint density at radius 2 is 1.62 bits per heavy atom. The molecule has 0 N–H and O–H groups in total. The molecule has 3 aromatic rings. The van der Waals surface area contributed by atoms with Crippen molar-refractivity contribution in [3.63, 3.8) is 0 Å². The number of imidazole rings is 1. The third-order valence-electron chi connectivity index (χ3n) is 4.02. The Labute approximate surface area is 141 Å². The highest BCUT2D eigenvalue weighted by atomic mass is 16.5. The SMILES string of the molecule is CCCn1c(-c2cc(OC)c(OC)c(OC)c2)nc2ccccc21. The van der Waals surface area contributed by atoms with Crippen LogP contribution in [0.15, 0.2) is 36.4 Å². The van der Waals surface area contributed by atoms with Crippen molar-refractivity contribution in [1.82, 2.24) is 9.55 Å². The van der Waals surface area contributed by atoms with Gasteiger partial charge in [-0.25, -0.2) is 4.98 Å². The van der Waals surface area contributed by atoms with Crippen molar-refractivity contribution in [3.8, 4) is 28.6 Å². The zero-order valence-electron chi connectivity index (χ0n) is 14.5. The van der Waals surface area contributed by atoms with Crippen LogP contribution in [0.1, 0.15) is 13.3 Å². The minimum atomic E-state index is 0.585. The Morgan fingerprint density at radius 1 is 0.958 bits per heavy atom. The summed E-state index contributed by atoms with van der Waals surface area (Å²) in [4.78, 5) is 4.82. The number of benzene rings is 2. The van der Waals surface area contributed by atoms with Gasteiger partial charge in [-0.05, 0) is 30.7 Å². The number of para-hydroxylation sites is 2. The molecule has 1 heterocycles. The maximum absolute atomic E-state index is 5.47. The molecule has 24 heavy (non-hydrogen) atoms. The quantitative estimate of drug-likeness (QED) is 0.683. The van der Waals surface area contributed by atoms with E-state index < -0.39 is 0 Å².